The number of carbonyl (C=O) groups is 3. The number of anilines is 1. The minimum Gasteiger partial charge on any atom is -0.345 e. The Morgan fingerprint density at radius 3 is 2.39 bits per heavy atom. The van der Waals surface area contributed by atoms with E-state index in [2.05, 4.69) is 16.0 Å². The molecule has 0 unspecified atom stereocenters. The van der Waals surface area contributed by atoms with Gasteiger partial charge in [0.1, 0.15) is 6.04 Å². The van der Waals surface area contributed by atoms with Crippen molar-refractivity contribution in [2.75, 3.05) is 11.9 Å². The molecular formula is C22H33N3O3. The Morgan fingerprint density at radius 1 is 1.07 bits per heavy atom. The smallest absolute Gasteiger partial charge is 0.243 e. The number of hydrogen-bond acceptors (Lipinski definition) is 3. The van der Waals surface area contributed by atoms with Crippen LogP contribution in [-0.2, 0) is 14.4 Å². The van der Waals surface area contributed by atoms with Gasteiger partial charge in [-0.1, -0.05) is 45.2 Å². The molecule has 1 aliphatic carbocycles. The van der Waals surface area contributed by atoms with Gasteiger partial charge in [0, 0.05) is 11.6 Å². The Hall–Kier alpha value is -2.37. The Kier molecular flexibility index (Phi) is 8.03. The third-order valence-electron chi connectivity index (χ3n) is 5.52. The zero-order valence-electron chi connectivity index (χ0n) is 17.4. The molecule has 0 aromatic heterocycles. The van der Waals surface area contributed by atoms with E-state index < -0.39 is 6.04 Å². The van der Waals surface area contributed by atoms with Crippen molar-refractivity contribution < 1.29 is 14.4 Å². The Balaban J connectivity index is 1.88. The first-order chi connectivity index (χ1) is 13.3. The number of benzene rings is 1. The second-order valence-corrected chi connectivity index (χ2v) is 8.08. The zero-order valence-corrected chi connectivity index (χ0v) is 17.4. The Labute approximate surface area is 167 Å². The first-order valence-electron chi connectivity index (χ1n) is 10.2. The van der Waals surface area contributed by atoms with Crippen LogP contribution in [0.3, 0.4) is 0 Å². The molecule has 0 saturated heterocycles. The molecule has 3 amide bonds. The molecule has 1 aromatic carbocycles. The summed E-state index contributed by atoms with van der Waals surface area (Å²) in [5, 5.41) is 8.38. The number of aryl methyl sites for hydroxylation is 1. The van der Waals surface area contributed by atoms with E-state index >= 15 is 0 Å². The second-order valence-electron chi connectivity index (χ2n) is 8.08. The first-order valence-corrected chi connectivity index (χ1v) is 10.2. The van der Waals surface area contributed by atoms with E-state index in [4.69, 9.17) is 0 Å². The topological polar surface area (TPSA) is 87.3 Å². The number of amides is 3. The van der Waals surface area contributed by atoms with E-state index in [0.717, 1.165) is 42.5 Å². The summed E-state index contributed by atoms with van der Waals surface area (Å²) in [5.74, 6) is -0.725. The van der Waals surface area contributed by atoms with Gasteiger partial charge in [-0.25, -0.2) is 0 Å². The lowest BCUT2D eigenvalue weighted by Crippen LogP contribution is -2.52. The van der Waals surface area contributed by atoms with E-state index in [-0.39, 0.29) is 36.1 Å². The van der Waals surface area contributed by atoms with Gasteiger partial charge in [-0.3, -0.25) is 14.4 Å². The highest BCUT2D eigenvalue weighted by Gasteiger charge is 2.28. The van der Waals surface area contributed by atoms with Crippen LogP contribution in [0.4, 0.5) is 5.69 Å². The van der Waals surface area contributed by atoms with Gasteiger partial charge < -0.3 is 16.0 Å². The van der Waals surface area contributed by atoms with Crippen molar-refractivity contribution in [2.24, 2.45) is 11.8 Å². The Bertz CT molecular complexity index is 709. The molecule has 0 spiro atoms. The summed E-state index contributed by atoms with van der Waals surface area (Å²) in [7, 11) is 0. The van der Waals surface area contributed by atoms with Crippen molar-refractivity contribution in [1.82, 2.24) is 10.6 Å². The summed E-state index contributed by atoms with van der Waals surface area (Å²) >= 11 is 0. The SMILES string of the molecule is Cc1cccc(NC(=O)CNC(=O)[C@@H](NC(=O)C2CCCCC2)C(C)C)c1C. The highest BCUT2D eigenvalue weighted by atomic mass is 16.2. The average molecular weight is 388 g/mol. The summed E-state index contributed by atoms with van der Waals surface area (Å²) in [4.78, 5) is 37.3. The van der Waals surface area contributed by atoms with Crippen LogP contribution >= 0.6 is 0 Å². The van der Waals surface area contributed by atoms with E-state index in [1.54, 1.807) is 0 Å². The van der Waals surface area contributed by atoms with Gasteiger partial charge in [0.15, 0.2) is 0 Å². The number of rotatable bonds is 7. The molecule has 1 aromatic rings. The lowest BCUT2D eigenvalue weighted by Gasteiger charge is -2.26. The van der Waals surface area contributed by atoms with Crippen LogP contribution in [0, 0.1) is 25.7 Å². The van der Waals surface area contributed by atoms with Crippen molar-refractivity contribution in [3.63, 3.8) is 0 Å². The lowest BCUT2D eigenvalue weighted by atomic mass is 9.88. The summed E-state index contributed by atoms with van der Waals surface area (Å²) in [5.41, 5.74) is 2.83. The molecule has 154 valence electrons. The van der Waals surface area contributed by atoms with E-state index in [1.807, 2.05) is 45.9 Å². The fourth-order valence-electron chi connectivity index (χ4n) is 3.53. The first kappa shape index (κ1) is 21.9. The summed E-state index contributed by atoms with van der Waals surface area (Å²) in [6.45, 7) is 7.58. The van der Waals surface area contributed by atoms with E-state index in [9.17, 15) is 14.4 Å². The lowest BCUT2D eigenvalue weighted by molar-refractivity contribution is -0.133. The van der Waals surface area contributed by atoms with Gasteiger partial charge >= 0.3 is 0 Å². The van der Waals surface area contributed by atoms with Gasteiger partial charge in [0.2, 0.25) is 17.7 Å². The highest BCUT2D eigenvalue weighted by molar-refractivity contribution is 5.96. The molecule has 1 aliphatic rings. The fourth-order valence-corrected chi connectivity index (χ4v) is 3.53. The van der Waals surface area contributed by atoms with Gasteiger partial charge in [0.05, 0.1) is 6.54 Å². The van der Waals surface area contributed by atoms with Crippen LogP contribution in [0.25, 0.3) is 0 Å². The van der Waals surface area contributed by atoms with Crippen molar-refractivity contribution in [1.29, 1.82) is 0 Å². The molecule has 3 N–H and O–H groups in total. The molecular weight excluding hydrogens is 354 g/mol. The molecule has 6 heteroatoms. The zero-order chi connectivity index (χ0) is 20.7. The predicted molar refractivity (Wildman–Crippen MR) is 111 cm³/mol. The molecule has 0 heterocycles. The van der Waals surface area contributed by atoms with Crippen molar-refractivity contribution in [2.45, 2.75) is 65.8 Å². The normalized spacial score (nSPS) is 15.8. The van der Waals surface area contributed by atoms with Crippen LogP contribution in [-0.4, -0.2) is 30.3 Å². The monoisotopic (exact) mass is 387 g/mol. The maximum absolute atomic E-state index is 12.6. The third kappa shape index (κ3) is 6.08. The molecule has 0 bridgehead atoms. The minimum absolute atomic E-state index is 0.00426. The molecule has 1 saturated carbocycles. The summed E-state index contributed by atoms with van der Waals surface area (Å²) in [6, 6.07) is 5.06. The Morgan fingerprint density at radius 2 is 1.75 bits per heavy atom. The third-order valence-corrected chi connectivity index (χ3v) is 5.52. The predicted octanol–water partition coefficient (Wildman–Crippen LogP) is 3.08. The maximum Gasteiger partial charge on any atom is 0.243 e. The van der Waals surface area contributed by atoms with Gasteiger partial charge in [-0.05, 0) is 49.8 Å². The number of carbonyl (C=O) groups excluding carboxylic acids is 3. The van der Waals surface area contributed by atoms with Crippen LogP contribution in [0.1, 0.15) is 57.1 Å². The van der Waals surface area contributed by atoms with Crippen LogP contribution in [0.2, 0.25) is 0 Å². The molecule has 6 nitrogen and oxygen atoms in total. The van der Waals surface area contributed by atoms with Crippen LogP contribution < -0.4 is 16.0 Å². The van der Waals surface area contributed by atoms with E-state index in [1.165, 1.54) is 6.42 Å². The molecule has 0 aliphatic heterocycles. The van der Waals surface area contributed by atoms with Crippen molar-refractivity contribution in [3.05, 3.63) is 29.3 Å². The summed E-state index contributed by atoms with van der Waals surface area (Å²) < 4.78 is 0. The minimum atomic E-state index is -0.636. The average Bonchev–Trinajstić information content (AvgIpc) is 2.68. The second kappa shape index (κ2) is 10.2. The van der Waals surface area contributed by atoms with Gasteiger partial charge in [-0.15, -0.1) is 0 Å². The largest absolute Gasteiger partial charge is 0.345 e. The molecule has 1 fully saturated rings. The van der Waals surface area contributed by atoms with Crippen LogP contribution in [0.15, 0.2) is 18.2 Å². The molecule has 2 rings (SSSR count). The summed E-state index contributed by atoms with van der Waals surface area (Å²) in [6.07, 6.45) is 5.07. The maximum atomic E-state index is 12.6. The van der Waals surface area contributed by atoms with Gasteiger partial charge in [-0.2, -0.15) is 0 Å². The molecule has 28 heavy (non-hydrogen) atoms. The van der Waals surface area contributed by atoms with Crippen molar-refractivity contribution >= 4 is 23.4 Å². The number of nitrogens with one attached hydrogen (secondary N) is 3. The molecule has 0 radical (unpaired) electrons. The highest BCUT2D eigenvalue weighted by Crippen LogP contribution is 2.24. The fraction of sp³-hybridized carbons (Fsp3) is 0.591. The standard InChI is InChI=1S/C22H33N3O3/c1-14(2)20(25-21(27)17-10-6-5-7-11-17)22(28)23-13-19(26)24-18-12-8-9-15(3)16(18)4/h8-9,12,14,17,20H,5-7,10-11,13H2,1-4H3,(H,23,28)(H,24,26)(H,25,27)/t20-/m0/s1. The molecule has 1 atom stereocenters. The van der Waals surface area contributed by atoms with Gasteiger partial charge in [0.25, 0.3) is 0 Å². The number of hydrogen-bond donors (Lipinski definition) is 3. The van der Waals surface area contributed by atoms with E-state index in [0.29, 0.717) is 0 Å². The van der Waals surface area contributed by atoms with Crippen LogP contribution in [0.5, 0.6) is 0 Å². The van der Waals surface area contributed by atoms with Crippen molar-refractivity contribution in [3.8, 4) is 0 Å². The quantitative estimate of drug-likeness (QED) is 0.672.